The lowest BCUT2D eigenvalue weighted by Crippen LogP contribution is -2.52. The van der Waals surface area contributed by atoms with E-state index >= 15 is 0 Å². The molecule has 2 aliphatic rings. The highest BCUT2D eigenvalue weighted by Crippen LogP contribution is 2.31. The molecule has 0 spiro atoms. The van der Waals surface area contributed by atoms with Gasteiger partial charge in [-0.2, -0.15) is 17.0 Å². The van der Waals surface area contributed by atoms with Gasteiger partial charge in [-0.25, -0.2) is 13.6 Å². The van der Waals surface area contributed by atoms with Gasteiger partial charge in [0.25, 0.3) is 10.2 Å². The van der Waals surface area contributed by atoms with Crippen molar-refractivity contribution >= 4 is 44.9 Å². The molecule has 1 unspecified atom stereocenters. The lowest BCUT2D eigenvalue weighted by Gasteiger charge is -2.36. The largest absolute Gasteiger partial charge is 0.442 e. The highest BCUT2D eigenvalue weighted by molar-refractivity contribution is 7.86. The number of nitrogens with one attached hydrogen (secondary N) is 1. The van der Waals surface area contributed by atoms with Crippen LogP contribution in [-0.2, 0) is 14.9 Å². The Hall–Kier alpha value is -2.09. The number of hydrogen-bond acceptors (Lipinski definition) is 6. The van der Waals surface area contributed by atoms with Crippen molar-refractivity contribution in [2.45, 2.75) is 13.0 Å². The number of amides is 1. The van der Waals surface area contributed by atoms with E-state index in [-0.39, 0.29) is 44.1 Å². The molecule has 2 saturated heterocycles. The fraction of sp³-hybridized carbons (Fsp3) is 0.556. The van der Waals surface area contributed by atoms with Gasteiger partial charge >= 0.3 is 6.09 Å². The van der Waals surface area contributed by atoms with E-state index in [2.05, 4.69) is 5.32 Å². The van der Waals surface area contributed by atoms with E-state index in [1.165, 1.54) is 28.2 Å². The van der Waals surface area contributed by atoms with Crippen LogP contribution in [0.25, 0.3) is 0 Å². The van der Waals surface area contributed by atoms with Gasteiger partial charge < -0.3 is 15.0 Å². The zero-order valence-corrected chi connectivity index (χ0v) is 19.1. The minimum absolute atomic E-state index is 0.0548. The molecule has 1 amide bonds. The molecule has 0 radical (unpaired) electrons. The third-order valence-electron chi connectivity index (χ3n) is 5.11. The van der Waals surface area contributed by atoms with Crippen LogP contribution in [0.2, 0.25) is 0 Å². The Morgan fingerprint density at radius 1 is 1.23 bits per heavy atom. The Morgan fingerprint density at radius 3 is 2.32 bits per heavy atom. The maximum Gasteiger partial charge on any atom is 0.414 e. The summed E-state index contributed by atoms with van der Waals surface area (Å²) in [4.78, 5) is 15.3. The summed E-state index contributed by atoms with van der Waals surface area (Å²) in [6.45, 7) is 2.62. The summed E-state index contributed by atoms with van der Waals surface area (Å²) < 4.78 is 61.7. The van der Waals surface area contributed by atoms with Crippen LogP contribution in [0.1, 0.15) is 6.92 Å². The maximum absolute atomic E-state index is 14.9. The summed E-state index contributed by atoms with van der Waals surface area (Å²) >= 11 is 4.93. The maximum atomic E-state index is 14.9. The van der Waals surface area contributed by atoms with Gasteiger partial charge in [-0.1, -0.05) is 12.2 Å². The third-order valence-corrected chi connectivity index (χ3v) is 7.19. The Balaban J connectivity index is 1.72. The minimum Gasteiger partial charge on any atom is -0.442 e. The van der Waals surface area contributed by atoms with Crippen LogP contribution < -0.4 is 15.1 Å². The van der Waals surface area contributed by atoms with E-state index < -0.39 is 34.0 Å². The molecule has 1 aromatic carbocycles. The number of carbonyl (C=O) groups excluding carboxylic acids is 1. The fourth-order valence-corrected chi connectivity index (χ4v) is 4.65. The summed E-state index contributed by atoms with van der Waals surface area (Å²) in [5, 5.41) is 2.90. The molecule has 0 saturated carbocycles. The molecule has 172 valence electrons. The number of rotatable bonds is 6. The first-order chi connectivity index (χ1) is 14.5. The summed E-state index contributed by atoms with van der Waals surface area (Å²) in [5.74, 6) is -1.66. The first-order valence-corrected chi connectivity index (χ1v) is 11.5. The lowest BCUT2D eigenvalue weighted by atomic mass is 10.2. The van der Waals surface area contributed by atoms with E-state index in [0.717, 1.165) is 16.4 Å². The van der Waals surface area contributed by atoms with Crippen molar-refractivity contribution < 1.29 is 26.7 Å². The van der Waals surface area contributed by atoms with Gasteiger partial charge in [0.2, 0.25) is 0 Å². The van der Waals surface area contributed by atoms with E-state index in [0.29, 0.717) is 11.5 Å². The van der Waals surface area contributed by atoms with E-state index in [9.17, 15) is 22.0 Å². The summed E-state index contributed by atoms with van der Waals surface area (Å²) in [6, 6.07) is 2.17. The lowest BCUT2D eigenvalue weighted by molar-refractivity contribution is 0.143. The van der Waals surface area contributed by atoms with E-state index in [1.54, 1.807) is 6.92 Å². The molecule has 1 atom stereocenters. The number of benzene rings is 1. The van der Waals surface area contributed by atoms with Crippen LogP contribution in [0.5, 0.6) is 0 Å². The zero-order valence-electron chi connectivity index (χ0n) is 17.5. The van der Waals surface area contributed by atoms with Crippen molar-refractivity contribution in [3.63, 3.8) is 0 Å². The molecular formula is C18H25F2N5O4S2. The van der Waals surface area contributed by atoms with Gasteiger partial charge in [0, 0.05) is 52.4 Å². The van der Waals surface area contributed by atoms with E-state index in [1.807, 2.05) is 0 Å². The molecule has 1 N–H and O–H groups in total. The number of thiocarbonyl (C=S) groups is 1. The van der Waals surface area contributed by atoms with Gasteiger partial charge in [-0.15, -0.1) is 0 Å². The number of piperazine rings is 1. The molecule has 2 heterocycles. The minimum atomic E-state index is -3.58. The first-order valence-electron chi connectivity index (χ1n) is 9.65. The van der Waals surface area contributed by atoms with Gasteiger partial charge in [-0.05, 0) is 6.92 Å². The zero-order chi connectivity index (χ0) is 22.9. The summed E-state index contributed by atoms with van der Waals surface area (Å²) in [7, 11) is -0.722. The van der Waals surface area contributed by atoms with E-state index in [4.69, 9.17) is 17.0 Å². The number of nitrogens with zero attached hydrogens (tertiary/aromatic N) is 4. The molecule has 9 nitrogen and oxygen atoms in total. The second kappa shape index (κ2) is 9.18. The normalized spacial score (nSPS) is 20.3. The van der Waals surface area contributed by atoms with Crippen LogP contribution in [0, 0.1) is 11.6 Å². The second-order valence-electron chi connectivity index (χ2n) is 7.49. The predicted molar refractivity (Wildman–Crippen MR) is 117 cm³/mol. The Bertz CT molecular complexity index is 945. The highest BCUT2D eigenvalue weighted by atomic mass is 32.2. The Morgan fingerprint density at radius 2 is 1.81 bits per heavy atom. The average Bonchev–Trinajstić information content (AvgIpc) is 3.07. The van der Waals surface area contributed by atoms with Crippen LogP contribution in [0.3, 0.4) is 0 Å². The van der Waals surface area contributed by atoms with Crippen molar-refractivity contribution in [1.82, 2.24) is 13.9 Å². The van der Waals surface area contributed by atoms with Crippen molar-refractivity contribution in [2.24, 2.45) is 0 Å². The number of carbonyl (C=O) groups is 1. The molecule has 31 heavy (non-hydrogen) atoms. The van der Waals surface area contributed by atoms with Gasteiger partial charge in [0.1, 0.15) is 11.8 Å². The first kappa shape index (κ1) is 23.6. The van der Waals surface area contributed by atoms with Gasteiger partial charge in [-0.3, -0.25) is 4.90 Å². The standard InChI is InChI=1S/C18H25F2N5O4S2/c1-12(30)21-10-14-11-25(18(26)29-14)13-8-15(19)17(16(20)9-13)23-4-6-24(7-5-23)31(27,28)22(2)3/h8-9,14H,4-7,10-11H2,1-3H3,(H,21,30). The predicted octanol–water partition coefficient (Wildman–Crippen LogP) is 1.16. The number of cyclic esters (lactones) is 1. The van der Waals surface area contributed by atoms with Crippen molar-refractivity contribution in [3.05, 3.63) is 23.8 Å². The van der Waals surface area contributed by atoms with Crippen molar-refractivity contribution in [3.8, 4) is 0 Å². The molecule has 0 aromatic heterocycles. The smallest absolute Gasteiger partial charge is 0.414 e. The molecule has 0 bridgehead atoms. The highest BCUT2D eigenvalue weighted by Gasteiger charge is 2.34. The monoisotopic (exact) mass is 477 g/mol. The third kappa shape index (κ3) is 5.05. The Labute approximate surface area is 185 Å². The number of anilines is 2. The van der Waals surface area contributed by atoms with Crippen molar-refractivity contribution in [2.75, 3.05) is 63.2 Å². The topological polar surface area (TPSA) is 85.4 Å². The van der Waals surface area contributed by atoms with Crippen LogP contribution in [0.15, 0.2) is 12.1 Å². The SMILES string of the molecule is CC(=S)NCC1CN(c2cc(F)c(N3CCN(S(=O)(=O)N(C)C)CC3)c(F)c2)C(=O)O1. The number of hydrogen-bond donors (Lipinski definition) is 1. The molecule has 13 heteroatoms. The quantitative estimate of drug-likeness (QED) is 0.616. The molecule has 3 rings (SSSR count). The Kier molecular flexibility index (Phi) is 6.98. The summed E-state index contributed by atoms with van der Waals surface area (Å²) in [6.07, 6.45) is -1.19. The molecular weight excluding hydrogens is 452 g/mol. The van der Waals surface area contributed by atoms with Gasteiger partial charge in [0.05, 0.1) is 23.8 Å². The number of halogens is 2. The van der Waals surface area contributed by atoms with Crippen LogP contribution >= 0.6 is 12.2 Å². The molecule has 2 aliphatic heterocycles. The second-order valence-corrected chi connectivity index (χ2v) is 10.2. The van der Waals surface area contributed by atoms with Crippen LogP contribution in [0.4, 0.5) is 25.0 Å². The number of ether oxygens (including phenoxy) is 1. The molecule has 0 aliphatic carbocycles. The molecule has 1 aromatic rings. The van der Waals surface area contributed by atoms with Crippen LogP contribution in [-0.4, -0.2) is 87.6 Å². The average molecular weight is 478 g/mol. The van der Waals surface area contributed by atoms with Gasteiger partial charge in [0.15, 0.2) is 11.6 Å². The fourth-order valence-electron chi connectivity index (χ4n) is 3.48. The molecule has 2 fully saturated rings. The van der Waals surface area contributed by atoms with Crippen molar-refractivity contribution in [1.29, 1.82) is 0 Å². The summed E-state index contributed by atoms with van der Waals surface area (Å²) in [5.41, 5.74) is -0.188.